The Kier molecular flexibility index (Phi) is 7.67. The average Bonchev–Trinajstić information content (AvgIpc) is 3.30. The SMILES string of the molecule is CCCCC/C=C/CCCCc1cccc(OCC2(C)CO2)c1. The highest BCUT2D eigenvalue weighted by Crippen LogP contribution is 2.27. The van der Waals surface area contributed by atoms with Gasteiger partial charge in [-0.2, -0.15) is 0 Å². The molecule has 0 saturated carbocycles. The summed E-state index contributed by atoms with van der Waals surface area (Å²) in [4.78, 5) is 0. The predicted octanol–water partition coefficient (Wildman–Crippen LogP) is 5.70. The summed E-state index contributed by atoms with van der Waals surface area (Å²) in [5, 5.41) is 0. The second kappa shape index (κ2) is 9.77. The fraction of sp³-hybridized carbons (Fsp3) is 0.619. The molecule has 1 aromatic carbocycles. The summed E-state index contributed by atoms with van der Waals surface area (Å²) in [6, 6.07) is 8.50. The van der Waals surface area contributed by atoms with Crippen LogP contribution in [0.2, 0.25) is 0 Å². The molecule has 0 spiro atoms. The topological polar surface area (TPSA) is 21.8 Å². The molecule has 23 heavy (non-hydrogen) atoms. The molecular formula is C21H32O2. The van der Waals surface area contributed by atoms with Gasteiger partial charge in [0.05, 0.1) is 6.61 Å². The first-order valence-electron chi connectivity index (χ1n) is 9.22. The van der Waals surface area contributed by atoms with E-state index in [-0.39, 0.29) is 5.60 Å². The fourth-order valence-corrected chi connectivity index (χ4v) is 2.57. The Morgan fingerprint density at radius 3 is 2.57 bits per heavy atom. The van der Waals surface area contributed by atoms with E-state index < -0.39 is 0 Å². The van der Waals surface area contributed by atoms with Crippen LogP contribution >= 0.6 is 0 Å². The van der Waals surface area contributed by atoms with Gasteiger partial charge in [-0.05, 0) is 63.1 Å². The molecule has 1 aliphatic rings. The van der Waals surface area contributed by atoms with Crippen LogP contribution in [0.3, 0.4) is 0 Å². The molecule has 1 aromatic rings. The van der Waals surface area contributed by atoms with E-state index in [1.807, 2.05) is 6.07 Å². The summed E-state index contributed by atoms with van der Waals surface area (Å²) >= 11 is 0. The number of epoxide rings is 1. The van der Waals surface area contributed by atoms with Crippen LogP contribution in [-0.4, -0.2) is 18.8 Å². The molecular weight excluding hydrogens is 284 g/mol. The quantitative estimate of drug-likeness (QED) is 0.280. The number of unbranched alkanes of at least 4 members (excludes halogenated alkanes) is 5. The summed E-state index contributed by atoms with van der Waals surface area (Å²) in [6.45, 7) is 5.81. The van der Waals surface area contributed by atoms with Crippen molar-refractivity contribution in [2.45, 2.75) is 70.8 Å². The van der Waals surface area contributed by atoms with Gasteiger partial charge in [0.1, 0.15) is 18.0 Å². The lowest BCUT2D eigenvalue weighted by atomic mass is 10.1. The first-order chi connectivity index (χ1) is 11.2. The van der Waals surface area contributed by atoms with Gasteiger partial charge in [-0.25, -0.2) is 0 Å². The van der Waals surface area contributed by atoms with E-state index in [1.54, 1.807) is 0 Å². The fourth-order valence-electron chi connectivity index (χ4n) is 2.57. The van der Waals surface area contributed by atoms with Gasteiger partial charge in [0, 0.05) is 0 Å². The molecule has 0 bridgehead atoms. The third-order valence-corrected chi connectivity index (χ3v) is 4.31. The molecule has 0 amide bonds. The zero-order chi connectivity index (χ0) is 16.4. The van der Waals surface area contributed by atoms with Gasteiger partial charge in [-0.3, -0.25) is 0 Å². The van der Waals surface area contributed by atoms with E-state index in [0.717, 1.165) is 18.8 Å². The minimum Gasteiger partial charge on any atom is -0.490 e. The first kappa shape index (κ1) is 18.1. The maximum atomic E-state index is 5.83. The van der Waals surface area contributed by atoms with Gasteiger partial charge < -0.3 is 9.47 Å². The number of rotatable bonds is 12. The van der Waals surface area contributed by atoms with E-state index >= 15 is 0 Å². The van der Waals surface area contributed by atoms with Crippen molar-refractivity contribution in [3.05, 3.63) is 42.0 Å². The van der Waals surface area contributed by atoms with Crippen LogP contribution in [0.4, 0.5) is 0 Å². The van der Waals surface area contributed by atoms with Crippen LogP contribution < -0.4 is 4.74 Å². The molecule has 2 heteroatoms. The van der Waals surface area contributed by atoms with Crippen molar-refractivity contribution in [3.8, 4) is 5.75 Å². The second-order valence-corrected chi connectivity index (χ2v) is 6.89. The smallest absolute Gasteiger partial charge is 0.123 e. The normalized spacial score (nSPS) is 20.1. The number of aryl methyl sites for hydroxylation is 1. The molecule has 0 radical (unpaired) electrons. The molecule has 2 rings (SSSR count). The number of allylic oxidation sites excluding steroid dienone is 2. The molecule has 128 valence electrons. The molecule has 1 atom stereocenters. The van der Waals surface area contributed by atoms with E-state index in [9.17, 15) is 0 Å². The van der Waals surface area contributed by atoms with Gasteiger partial charge >= 0.3 is 0 Å². The minimum absolute atomic E-state index is 0.0422. The molecule has 1 saturated heterocycles. The molecule has 0 aromatic heterocycles. The van der Waals surface area contributed by atoms with Crippen LogP contribution in [0.25, 0.3) is 0 Å². The highest BCUT2D eigenvalue weighted by Gasteiger charge is 2.40. The Labute approximate surface area is 141 Å². The molecule has 0 N–H and O–H groups in total. The lowest BCUT2D eigenvalue weighted by Crippen LogP contribution is -2.16. The summed E-state index contributed by atoms with van der Waals surface area (Å²) in [7, 11) is 0. The van der Waals surface area contributed by atoms with E-state index in [4.69, 9.17) is 9.47 Å². The van der Waals surface area contributed by atoms with E-state index in [2.05, 4.69) is 44.2 Å². The first-order valence-corrected chi connectivity index (χ1v) is 9.22. The molecule has 1 unspecified atom stereocenters. The minimum atomic E-state index is -0.0422. The summed E-state index contributed by atoms with van der Waals surface area (Å²) in [5.41, 5.74) is 1.33. The summed E-state index contributed by atoms with van der Waals surface area (Å²) in [6.07, 6.45) is 14.8. The predicted molar refractivity (Wildman–Crippen MR) is 97.1 cm³/mol. The van der Waals surface area contributed by atoms with Crippen LogP contribution in [0.1, 0.15) is 64.4 Å². The second-order valence-electron chi connectivity index (χ2n) is 6.89. The Hall–Kier alpha value is -1.28. The van der Waals surface area contributed by atoms with Gasteiger partial charge in [0.2, 0.25) is 0 Å². The van der Waals surface area contributed by atoms with Crippen molar-refractivity contribution < 1.29 is 9.47 Å². The monoisotopic (exact) mass is 316 g/mol. The zero-order valence-electron chi connectivity index (χ0n) is 14.9. The Morgan fingerprint density at radius 2 is 1.87 bits per heavy atom. The maximum absolute atomic E-state index is 5.83. The number of hydrogen-bond donors (Lipinski definition) is 0. The summed E-state index contributed by atoms with van der Waals surface area (Å²) < 4.78 is 11.2. The Balaban J connectivity index is 1.58. The van der Waals surface area contributed by atoms with Crippen molar-refractivity contribution in [3.63, 3.8) is 0 Å². The van der Waals surface area contributed by atoms with Crippen molar-refractivity contribution in [2.75, 3.05) is 13.2 Å². The highest BCUT2D eigenvalue weighted by atomic mass is 16.6. The number of hydrogen-bond acceptors (Lipinski definition) is 2. The molecule has 1 fully saturated rings. The Bertz CT molecular complexity index is 474. The van der Waals surface area contributed by atoms with Crippen molar-refractivity contribution in [1.82, 2.24) is 0 Å². The lowest BCUT2D eigenvalue weighted by molar-refractivity contribution is 0.202. The molecule has 2 nitrogen and oxygen atoms in total. The molecule has 1 aliphatic heterocycles. The highest BCUT2D eigenvalue weighted by molar-refractivity contribution is 5.28. The Morgan fingerprint density at radius 1 is 1.13 bits per heavy atom. The van der Waals surface area contributed by atoms with Crippen LogP contribution in [-0.2, 0) is 11.2 Å². The molecule has 0 aliphatic carbocycles. The average molecular weight is 316 g/mol. The van der Waals surface area contributed by atoms with Crippen LogP contribution in [0.5, 0.6) is 5.75 Å². The maximum Gasteiger partial charge on any atom is 0.123 e. The van der Waals surface area contributed by atoms with Gasteiger partial charge in [-0.15, -0.1) is 0 Å². The third-order valence-electron chi connectivity index (χ3n) is 4.31. The third kappa shape index (κ3) is 7.69. The van der Waals surface area contributed by atoms with Crippen LogP contribution in [0.15, 0.2) is 36.4 Å². The van der Waals surface area contributed by atoms with Crippen molar-refractivity contribution >= 4 is 0 Å². The largest absolute Gasteiger partial charge is 0.490 e. The van der Waals surface area contributed by atoms with Crippen molar-refractivity contribution in [1.29, 1.82) is 0 Å². The van der Waals surface area contributed by atoms with Gasteiger partial charge in [-0.1, -0.05) is 44.1 Å². The zero-order valence-corrected chi connectivity index (χ0v) is 14.9. The van der Waals surface area contributed by atoms with Crippen LogP contribution in [0, 0.1) is 0 Å². The lowest BCUT2D eigenvalue weighted by Gasteiger charge is -2.10. The van der Waals surface area contributed by atoms with E-state index in [0.29, 0.717) is 6.61 Å². The van der Waals surface area contributed by atoms with Gasteiger partial charge in [0.25, 0.3) is 0 Å². The standard InChI is InChI=1S/C21H32O2/c1-3-4-5-6-7-8-9-10-11-13-19-14-12-15-20(16-19)22-17-21(2)18-23-21/h7-8,12,14-16H,3-6,9-11,13,17-18H2,1-2H3/b8-7+. The van der Waals surface area contributed by atoms with Crippen molar-refractivity contribution in [2.24, 2.45) is 0 Å². The molecule has 1 heterocycles. The number of benzene rings is 1. The number of ether oxygens (including phenoxy) is 2. The summed E-state index contributed by atoms with van der Waals surface area (Å²) in [5.74, 6) is 0.968. The van der Waals surface area contributed by atoms with E-state index in [1.165, 1.54) is 50.5 Å². The van der Waals surface area contributed by atoms with Gasteiger partial charge in [0.15, 0.2) is 0 Å².